The van der Waals surface area contributed by atoms with Crippen LogP contribution < -0.4 is 10.5 Å². The molecule has 0 heterocycles. The Labute approximate surface area is 127 Å². The summed E-state index contributed by atoms with van der Waals surface area (Å²) in [6, 6.07) is 13.3. The molecule has 0 aliphatic carbocycles. The lowest BCUT2D eigenvalue weighted by Crippen LogP contribution is -2.27. The largest absolute Gasteiger partial charge is 0.399 e. The Morgan fingerprint density at radius 2 is 1.70 bits per heavy atom. The first-order valence-electron chi connectivity index (χ1n) is 6.02. The van der Waals surface area contributed by atoms with Crippen molar-refractivity contribution < 1.29 is 8.42 Å². The average Bonchev–Trinajstić information content (AvgIpc) is 2.39. The Bertz CT molecular complexity index is 699. The molecule has 0 amide bonds. The van der Waals surface area contributed by atoms with Gasteiger partial charge in [0, 0.05) is 16.2 Å². The lowest BCUT2D eigenvalue weighted by molar-refractivity contribution is 0.566. The molecule has 20 heavy (non-hydrogen) atoms. The molecule has 0 saturated carbocycles. The van der Waals surface area contributed by atoms with Crippen LogP contribution >= 0.6 is 15.9 Å². The van der Waals surface area contributed by atoms with E-state index >= 15 is 0 Å². The molecule has 0 spiro atoms. The van der Waals surface area contributed by atoms with Gasteiger partial charge in [-0.25, -0.2) is 13.1 Å². The number of anilines is 1. The molecule has 4 nitrogen and oxygen atoms in total. The molecule has 1 unspecified atom stereocenters. The minimum atomic E-state index is -3.57. The molecule has 106 valence electrons. The summed E-state index contributed by atoms with van der Waals surface area (Å²) < 4.78 is 28.1. The minimum absolute atomic E-state index is 0.200. The van der Waals surface area contributed by atoms with Crippen LogP contribution in [0.5, 0.6) is 0 Å². The number of hydrogen-bond donors (Lipinski definition) is 2. The Morgan fingerprint density at radius 3 is 2.30 bits per heavy atom. The normalized spacial score (nSPS) is 13.1. The van der Waals surface area contributed by atoms with Gasteiger partial charge in [0.15, 0.2) is 0 Å². The fourth-order valence-corrected chi connectivity index (χ4v) is 3.69. The highest BCUT2D eigenvalue weighted by Gasteiger charge is 2.19. The second-order valence-electron chi connectivity index (χ2n) is 4.43. The lowest BCUT2D eigenvalue weighted by atomic mass is 10.1. The van der Waals surface area contributed by atoms with Crippen LogP contribution in [0.3, 0.4) is 0 Å². The molecular formula is C14H15BrN2O2S. The fourth-order valence-electron chi connectivity index (χ4n) is 1.84. The van der Waals surface area contributed by atoms with Gasteiger partial charge in [0.25, 0.3) is 0 Å². The maximum absolute atomic E-state index is 12.3. The average molecular weight is 355 g/mol. The summed E-state index contributed by atoms with van der Waals surface area (Å²) in [5.41, 5.74) is 6.97. The lowest BCUT2D eigenvalue weighted by Gasteiger charge is -2.16. The zero-order valence-electron chi connectivity index (χ0n) is 10.9. The Morgan fingerprint density at radius 1 is 1.10 bits per heavy atom. The molecule has 2 aromatic carbocycles. The van der Waals surface area contributed by atoms with Crippen LogP contribution in [0.25, 0.3) is 0 Å². The maximum atomic E-state index is 12.3. The Balaban J connectivity index is 2.24. The first kappa shape index (κ1) is 15.0. The smallest absolute Gasteiger partial charge is 0.241 e. The molecule has 3 N–H and O–H groups in total. The highest BCUT2D eigenvalue weighted by Crippen LogP contribution is 2.24. The van der Waals surface area contributed by atoms with Crippen LogP contribution in [0, 0.1) is 0 Å². The number of nitrogens with two attached hydrogens (primary N) is 1. The van der Waals surface area contributed by atoms with E-state index in [1.807, 2.05) is 24.3 Å². The first-order chi connectivity index (χ1) is 9.40. The van der Waals surface area contributed by atoms with Crippen molar-refractivity contribution >= 4 is 31.6 Å². The highest BCUT2D eigenvalue weighted by molar-refractivity contribution is 9.10. The molecule has 0 bridgehead atoms. The van der Waals surface area contributed by atoms with Crippen LogP contribution in [0.15, 0.2) is 57.9 Å². The van der Waals surface area contributed by atoms with E-state index in [-0.39, 0.29) is 10.9 Å². The summed E-state index contributed by atoms with van der Waals surface area (Å²) in [6.45, 7) is 1.80. The molecular weight excluding hydrogens is 340 g/mol. The first-order valence-corrected chi connectivity index (χ1v) is 8.30. The SMILES string of the molecule is CC(NS(=O)(=O)c1ccc(N)cc1)c1ccccc1Br. The number of sulfonamides is 1. The summed E-state index contributed by atoms with van der Waals surface area (Å²) in [7, 11) is -3.57. The van der Waals surface area contributed by atoms with Gasteiger partial charge in [-0.2, -0.15) is 0 Å². The van der Waals surface area contributed by atoms with Crippen molar-refractivity contribution in [2.45, 2.75) is 17.9 Å². The number of hydrogen-bond acceptors (Lipinski definition) is 3. The summed E-state index contributed by atoms with van der Waals surface area (Å²) in [6.07, 6.45) is 0. The van der Waals surface area contributed by atoms with E-state index in [2.05, 4.69) is 20.7 Å². The predicted molar refractivity (Wildman–Crippen MR) is 83.7 cm³/mol. The van der Waals surface area contributed by atoms with Gasteiger partial charge >= 0.3 is 0 Å². The van der Waals surface area contributed by atoms with Crippen molar-refractivity contribution in [3.8, 4) is 0 Å². The van der Waals surface area contributed by atoms with Gasteiger partial charge in [-0.3, -0.25) is 0 Å². The molecule has 0 aliphatic rings. The van der Waals surface area contributed by atoms with Crippen molar-refractivity contribution in [1.29, 1.82) is 0 Å². The van der Waals surface area contributed by atoms with Crippen LogP contribution in [0.4, 0.5) is 5.69 Å². The number of benzene rings is 2. The molecule has 0 fully saturated rings. The topological polar surface area (TPSA) is 72.2 Å². The van der Waals surface area contributed by atoms with E-state index in [1.165, 1.54) is 12.1 Å². The number of nitrogens with one attached hydrogen (secondary N) is 1. The number of nitrogen functional groups attached to an aromatic ring is 1. The van der Waals surface area contributed by atoms with Crippen molar-refractivity contribution in [2.24, 2.45) is 0 Å². The van der Waals surface area contributed by atoms with Crippen LogP contribution in [0.2, 0.25) is 0 Å². The van der Waals surface area contributed by atoms with Crippen molar-refractivity contribution in [3.63, 3.8) is 0 Å². The third kappa shape index (κ3) is 3.39. The van der Waals surface area contributed by atoms with Gasteiger partial charge in [-0.15, -0.1) is 0 Å². The Kier molecular flexibility index (Phi) is 4.47. The van der Waals surface area contributed by atoms with Crippen molar-refractivity contribution in [2.75, 3.05) is 5.73 Å². The molecule has 0 radical (unpaired) electrons. The van der Waals surface area contributed by atoms with Gasteiger partial charge in [0.1, 0.15) is 0 Å². The van der Waals surface area contributed by atoms with E-state index < -0.39 is 10.0 Å². The monoisotopic (exact) mass is 354 g/mol. The summed E-state index contributed by atoms with van der Waals surface area (Å²) >= 11 is 3.42. The van der Waals surface area contributed by atoms with E-state index in [1.54, 1.807) is 19.1 Å². The van der Waals surface area contributed by atoms with Crippen molar-refractivity contribution in [3.05, 3.63) is 58.6 Å². The molecule has 0 aromatic heterocycles. The minimum Gasteiger partial charge on any atom is -0.399 e. The van der Waals surface area contributed by atoms with Gasteiger partial charge in [0.05, 0.1) is 4.90 Å². The fraction of sp³-hybridized carbons (Fsp3) is 0.143. The third-order valence-electron chi connectivity index (χ3n) is 2.89. The maximum Gasteiger partial charge on any atom is 0.241 e. The van der Waals surface area contributed by atoms with Crippen LogP contribution in [0.1, 0.15) is 18.5 Å². The Hall–Kier alpha value is -1.37. The van der Waals surface area contributed by atoms with E-state index in [0.717, 1.165) is 10.0 Å². The van der Waals surface area contributed by atoms with Gasteiger partial charge < -0.3 is 5.73 Å². The molecule has 0 saturated heterocycles. The zero-order chi connectivity index (χ0) is 14.8. The standard InChI is InChI=1S/C14H15BrN2O2S/c1-10(13-4-2-3-5-14(13)15)17-20(18,19)12-8-6-11(16)7-9-12/h2-10,17H,16H2,1H3. The van der Waals surface area contributed by atoms with Crippen LogP contribution in [-0.4, -0.2) is 8.42 Å². The third-order valence-corrected chi connectivity index (χ3v) is 5.17. The molecule has 0 aliphatic heterocycles. The van der Waals surface area contributed by atoms with Gasteiger partial charge in [-0.05, 0) is 42.8 Å². The van der Waals surface area contributed by atoms with E-state index in [4.69, 9.17) is 5.73 Å². The zero-order valence-corrected chi connectivity index (χ0v) is 13.3. The molecule has 6 heteroatoms. The van der Waals surface area contributed by atoms with Gasteiger partial charge in [-0.1, -0.05) is 34.1 Å². The second kappa shape index (κ2) is 5.95. The predicted octanol–water partition coefficient (Wildman–Crippen LogP) is 3.07. The summed E-state index contributed by atoms with van der Waals surface area (Å²) in [5, 5.41) is 0. The quantitative estimate of drug-likeness (QED) is 0.828. The van der Waals surface area contributed by atoms with E-state index in [0.29, 0.717) is 5.69 Å². The van der Waals surface area contributed by atoms with Crippen LogP contribution in [-0.2, 0) is 10.0 Å². The molecule has 2 aromatic rings. The second-order valence-corrected chi connectivity index (χ2v) is 7.00. The molecule has 2 rings (SSSR count). The van der Waals surface area contributed by atoms with Crippen molar-refractivity contribution in [1.82, 2.24) is 4.72 Å². The number of rotatable bonds is 4. The van der Waals surface area contributed by atoms with Gasteiger partial charge in [0.2, 0.25) is 10.0 Å². The van der Waals surface area contributed by atoms with E-state index in [9.17, 15) is 8.42 Å². The summed E-state index contributed by atoms with van der Waals surface area (Å²) in [4.78, 5) is 0.200. The highest BCUT2D eigenvalue weighted by atomic mass is 79.9. The molecule has 1 atom stereocenters. The number of halogens is 1. The summed E-state index contributed by atoms with van der Waals surface area (Å²) in [5.74, 6) is 0.